The Morgan fingerprint density at radius 1 is 1.09 bits per heavy atom. The Balaban J connectivity index is 1.66. The van der Waals surface area contributed by atoms with Crippen LogP contribution in [0.3, 0.4) is 0 Å². The van der Waals surface area contributed by atoms with E-state index in [0.717, 1.165) is 17.7 Å². The second-order valence-corrected chi connectivity index (χ2v) is 7.97. The molecular formula is C22H21F2N7O2. The molecule has 33 heavy (non-hydrogen) atoms. The molecule has 4 heterocycles. The van der Waals surface area contributed by atoms with Crippen molar-refractivity contribution in [3.63, 3.8) is 0 Å². The molecule has 0 amide bonds. The van der Waals surface area contributed by atoms with Gasteiger partial charge < -0.3 is 9.64 Å². The van der Waals surface area contributed by atoms with Crippen LogP contribution in [-0.2, 0) is 18.8 Å². The van der Waals surface area contributed by atoms with Crippen molar-refractivity contribution < 1.29 is 13.5 Å². The summed E-state index contributed by atoms with van der Waals surface area (Å²) in [5, 5.41) is 4.20. The third-order valence-electron chi connectivity index (χ3n) is 5.78. The van der Waals surface area contributed by atoms with Crippen LogP contribution in [0.1, 0.15) is 17.5 Å². The molecule has 0 aliphatic carbocycles. The van der Waals surface area contributed by atoms with Gasteiger partial charge in [-0.05, 0) is 25.1 Å². The van der Waals surface area contributed by atoms with E-state index in [9.17, 15) is 13.6 Å². The second kappa shape index (κ2) is 8.00. The Labute approximate surface area is 187 Å². The number of benzene rings is 1. The van der Waals surface area contributed by atoms with Gasteiger partial charge in [-0.2, -0.15) is 5.10 Å². The molecule has 0 bridgehead atoms. The van der Waals surface area contributed by atoms with Crippen LogP contribution in [0.15, 0.2) is 35.4 Å². The number of hydrogen-bond acceptors (Lipinski definition) is 7. The number of nitrogens with zero attached hydrogens (tertiary/aromatic N) is 7. The Bertz CT molecular complexity index is 1430. The van der Waals surface area contributed by atoms with Crippen LogP contribution in [-0.4, -0.2) is 49.0 Å². The summed E-state index contributed by atoms with van der Waals surface area (Å²) in [7, 11) is 3.44. The molecule has 0 radical (unpaired) electrons. The average Bonchev–Trinajstić information content (AvgIpc) is 3.25. The summed E-state index contributed by atoms with van der Waals surface area (Å²) in [5.74, 6) is -1.23. The van der Waals surface area contributed by atoms with Crippen LogP contribution in [0.5, 0.6) is 0 Å². The van der Waals surface area contributed by atoms with Gasteiger partial charge in [-0.15, -0.1) is 0 Å². The molecule has 11 heteroatoms. The van der Waals surface area contributed by atoms with Crippen LogP contribution in [0, 0.1) is 18.6 Å². The molecule has 0 saturated carbocycles. The quantitative estimate of drug-likeness (QED) is 0.470. The van der Waals surface area contributed by atoms with Gasteiger partial charge in [0.05, 0.1) is 19.3 Å². The smallest absolute Gasteiger partial charge is 0.279 e. The lowest BCUT2D eigenvalue weighted by Crippen LogP contribution is -2.39. The van der Waals surface area contributed by atoms with Crippen molar-refractivity contribution in [2.75, 3.05) is 24.6 Å². The van der Waals surface area contributed by atoms with E-state index in [1.807, 2.05) is 18.1 Å². The molecule has 0 unspecified atom stereocenters. The molecule has 1 aliphatic heterocycles. The summed E-state index contributed by atoms with van der Waals surface area (Å²) in [4.78, 5) is 28.6. The van der Waals surface area contributed by atoms with E-state index in [2.05, 4.69) is 20.1 Å². The van der Waals surface area contributed by atoms with Crippen molar-refractivity contribution in [2.45, 2.75) is 13.0 Å². The minimum atomic E-state index is -1.01. The van der Waals surface area contributed by atoms with E-state index < -0.39 is 11.6 Å². The minimum Gasteiger partial charge on any atom is -0.370 e. The fraction of sp³-hybridized carbons (Fsp3) is 0.318. The van der Waals surface area contributed by atoms with Crippen LogP contribution >= 0.6 is 0 Å². The number of aryl methyl sites for hydroxylation is 2. The van der Waals surface area contributed by atoms with E-state index in [1.54, 1.807) is 24.9 Å². The Morgan fingerprint density at radius 3 is 2.64 bits per heavy atom. The lowest BCUT2D eigenvalue weighted by molar-refractivity contribution is 0.0392. The molecule has 9 nitrogen and oxygen atoms in total. The van der Waals surface area contributed by atoms with Crippen molar-refractivity contribution in [2.24, 2.45) is 14.1 Å². The maximum absolute atomic E-state index is 14.0. The highest BCUT2D eigenvalue weighted by Crippen LogP contribution is 2.29. The van der Waals surface area contributed by atoms with Gasteiger partial charge in [-0.25, -0.2) is 23.7 Å². The van der Waals surface area contributed by atoms with Crippen molar-refractivity contribution in [1.82, 2.24) is 29.3 Å². The molecule has 0 N–H and O–H groups in total. The van der Waals surface area contributed by atoms with E-state index in [1.165, 1.54) is 10.6 Å². The number of hydrogen-bond donors (Lipinski definition) is 0. The first-order chi connectivity index (χ1) is 15.8. The van der Waals surface area contributed by atoms with Crippen LogP contribution in [0.4, 0.5) is 14.7 Å². The largest absolute Gasteiger partial charge is 0.370 e. The first-order valence-electron chi connectivity index (χ1n) is 10.4. The number of aromatic nitrogens is 6. The summed E-state index contributed by atoms with van der Waals surface area (Å²) in [6.45, 7) is 3.04. The van der Waals surface area contributed by atoms with Gasteiger partial charge in [0.15, 0.2) is 17.2 Å². The Kier molecular flexibility index (Phi) is 5.12. The van der Waals surface area contributed by atoms with Crippen LogP contribution < -0.4 is 10.5 Å². The molecule has 1 atom stereocenters. The van der Waals surface area contributed by atoms with Gasteiger partial charge in [0, 0.05) is 38.0 Å². The molecule has 170 valence electrons. The predicted octanol–water partition coefficient (Wildman–Crippen LogP) is 2.29. The lowest BCUT2D eigenvalue weighted by atomic mass is 10.1. The summed E-state index contributed by atoms with van der Waals surface area (Å²) < 4.78 is 36.6. The standard InChI is InChI=1S/C22H21F2N7O2/c1-12-26-19-18(13-4-5-15(23)16(24)8-13)27-22(28-20(19)21(32)30(12)3)31-6-7-33-17(11-31)14-9-25-29(2)10-14/h4-5,8-10,17H,6-7,11H2,1-3H3/t17-/m0/s1. The molecule has 4 aromatic rings. The summed E-state index contributed by atoms with van der Waals surface area (Å²) in [5.41, 5.74) is 1.48. The van der Waals surface area contributed by atoms with Crippen molar-refractivity contribution in [1.29, 1.82) is 0 Å². The molecular weight excluding hydrogens is 432 g/mol. The molecule has 1 fully saturated rings. The number of anilines is 1. The van der Waals surface area contributed by atoms with Gasteiger partial charge >= 0.3 is 0 Å². The highest BCUT2D eigenvalue weighted by Gasteiger charge is 2.27. The van der Waals surface area contributed by atoms with Gasteiger partial charge in [-0.1, -0.05) is 0 Å². The normalized spacial score (nSPS) is 16.5. The molecule has 1 aliphatic rings. The van der Waals surface area contributed by atoms with Gasteiger partial charge in [0.25, 0.3) is 5.56 Å². The van der Waals surface area contributed by atoms with E-state index in [0.29, 0.717) is 37.0 Å². The number of halogens is 2. The molecule has 0 spiro atoms. The van der Waals surface area contributed by atoms with Crippen molar-refractivity contribution in [3.8, 4) is 11.3 Å². The topological polar surface area (TPSA) is 91.0 Å². The predicted molar refractivity (Wildman–Crippen MR) is 117 cm³/mol. The maximum atomic E-state index is 14.0. The first kappa shape index (κ1) is 21.1. The number of morpholine rings is 1. The Hall–Kier alpha value is -3.73. The number of fused-ring (bicyclic) bond motifs is 1. The zero-order valence-corrected chi connectivity index (χ0v) is 18.3. The lowest BCUT2D eigenvalue weighted by Gasteiger charge is -2.32. The molecule has 1 saturated heterocycles. The fourth-order valence-electron chi connectivity index (χ4n) is 3.87. The second-order valence-electron chi connectivity index (χ2n) is 7.97. The van der Waals surface area contributed by atoms with Gasteiger partial charge in [0.2, 0.25) is 5.95 Å². The first-order valence-corrected chi connectivity index (χ1v) is 10.4. The Morgan fingerprint density at radius 2 is 1.91 bits per heavy atom. The van der Waals surface area contributed by atoms with E-state index in [-0.39, 0.29) is 28.4 Å². The maximum Gasteiger partial charge on any atom is 0.279 e. The monoisotopic (exact) mass is 453 g/mol. The van der Waals surface area contributed by atoms with Crippen molar-refractivity contribution in [3.05, 3.63) is 64.0 Å². The highest BCUT2D eigenvalue weighted by atomic mass is 19.2. The summed E-state index contributed by atoms with van der Waals surface area (Å²) in [6.07, 6.45) is 3.37. The summed E-state index contributed by atoms with van der Waals surface area (Å²) in [6, 6.07) is 3.49. The SMILES string of the molecule is Cc1nc2c(-c3ccc(F)c(F)c3)nc(N3CCO[C@H](c4cnn(C)c4)C3)nc2c(=O)n1C. The van der Waals surface area contributed by atoms with Crippen LogP contribution in [0.2, 0.25) is 0 Å². The third-order valence-corrected chi connectivity index (χ3v) is 5.78. The summed E-state index contributed by atoms with van der Waals surface area (Å²) >= 11 is 0. The molecule has 1 aromatic carbocycles. The van der Waals surface area contributed by atoms with Gasteiger partial charge in [0.1, 0.15) is 23.1 Å². The van der Waals surface area contributed by atoms with Crippen molar-refractivity contribution >= 4 is 17.0 Å². The van der Waals surface area contributed by atoms with E-state index >= 15 is 0 Å². The van der Waals surface area contributed by atoms with E-state index in [4.69, 9.17) is 4.74 Å². The minimum absolute atomic E-state index is 0.109. The zero-order chi connectivity index (χ0) is 23.3. The molecule has 3 aromatic heterocycles. The molecule has 5 rings (SSSR count). The average molecular weight is 453 g/mol. The number of rotatable bonds is 3. The number of ether oxygens (including phenoxy) is 1. The van der Waals surface area contributed by atoms with Gasteiger partial charge in [-0.3, -0.25) is 14.0 Å². The van der Waals surface area contributed by atoms with Crippen LogP contribution in [0.25, 0.3) is 22.3 Å². The fourth-order valence-corrected chi connectivity index (χ4v) is 3.87. The highest BCUT2D eigenvalue weighted by molar-refractivity contribution is 5.89. The zero-order valence-electron chi connectivity index (χ0n) is 18.3. The third kappa shape index (κ3) is 3.74.